The van der Waals surface area contributed by atoms with Gasteiger partial charge in [-0.05, 0) is 31.2 Å². The predicted octanol–water partition coefficient (Wildman–Crippen LogP) is 2.93. The lowest BCUT2D eigenvalue weighted by Crippen LogP contribution is -2.42. The van der Waals surface area contributed by atoms with Gasteiger partial charge in [-0.2, -0.15) is 11.8 Å². The minimum absolute atomic E-state index is 0.178. The zero-order valence-corrected chi connectivity index (χ0v) is 12.6. The van der Waals surface area contributed by atoms with Crippen molar-refractivity contribution in [2.45, 2.75) is 36.9 Å². The van der Waals surface area contributed by atoms with Crippen LogP contribution in [0.2, 0.25) is 5.15 Å². The molecule has 0 bridgehead atoms. The molecule has 0 aromatic carbocycles. The predicted molar refractivity (Wildman–Crippen MR) is 78.7 cm³/mol. The zero-order valence-electron chi connectivity index (χ0n) is 11.0. The van der Waals surface area contributed by atoms with Gasteiger partial charge < -0.3 is 5.32 Å². The number of hydrogen-bond acceptors (Lipinski definition) is 4. The molecule has 1 aromatic rings. The molecule has 19 heavy (non-hydrogen) atoms. The highest BCUT2D eigenvalue weighted by atomic mass is 35.5. The minimum atomic E-state index is -0.178. The molecule has 0 aliphatic heterocycles. The maximum atomic E-state index is 12.0. The molecule has 2 rings (SSSR count). The van der Waals surface area contributed by atoms with Crippen molar-refractivity contribution in [2.75, 3.05) is 12.8 Å². The molecule has 104 valence electrons. The fourth-order valence-electron chi connectivity index (χ4n) is 2.42. The Bertz CT molecular complexity index is 432. The van der Waals surface area contributed by atoms with Crippen LogP contribution in [0.3, 0.4) is 0 Å². The van der Waals surface area contributed by atoms with Crippen molar-refractivity contribution in [2.24, 2.45) is 0 Å². The summed E-state index contributed by atoms with van der Waals surface area (Å²) in [6.45, 7) is 0.692. The molecule has 1 aliphatic rings. The second-order valence-electron chi connectivity index (χ2n) is 4.87. The van der Waals surface area contributed by atoms with E-state index in [-0.39, 0.29) is 10.7 Å². The Morgan fingerprint density at radius 1 is 1.37 bits per heavy atom. The van der Waals surface area contributed by atoms with Crippen molar-refractivity contribution in [3.8, 4) is 0 Å². The average Bonchev–Trinajstić information content (AvgIpc) is 2.46. The van der Waals surface area contributed by atoms with Crippen molar-refractivity contribution in [1.29, 1.82) is 0 Å². The molecule has 0 atom stereocenters. The third-order valence-electron chi connectivity index (χ3n) is 3.63. The molecule has 1 aromatic heterocycles. The highest BCUT2D eigenvalue weighted by Crippen LogP contribution is 2.37. The van der Waals surface area contributed by atoms with E-state index in [4.69, 9.17) is 11.6 Å². The van der Waals surface area contributed by atoms with Crippen molar-refractivity contribution in [3.63, 3.8) is 0 Å². The van der Waals surface area contributed by atoms with Gasteiger partial charge in [-0.1, -0.05) is 30.9 Å². The summed E-state index contributed by atoms with van der Waals surface area (Å²) < 4.78 is 0.188. The van der Waals surface area contributed by atoms with E-state index in [2.05, 4.69) is 21.8 Å². The SMILES string of the molecule is CSC1(CNC(=O)c2ccc(Cl)nn2)CCCCC1. The average molecular weight is 300 g/mol. The number of carbonyl (C=O) groups is 1. The Balaban J connectivity index is 1.93. The second kappa shape index (κ2) is 6.57. The smallest absolute Gasteiger partial charge is 0.271 e. The molecule has 0 unspecified atom stereocenters. The number of amides is 1. The van der Waals surface area contributed by atoms with E-state index in [9.17, 15) is 4.79 Å². The molecular weight excluding hydrogens is 282 g/mol. The molecule has 0 radical (unpaired) electrons. The molecule has 0 saturated heterocycles. The van der Waals surface area contributed by atoms with E-state index < -0.39 is 0 Å². The lowest BCUT2D eigenvalue weighted by molar-refractivity contribution is 0.0941. The number of carbonyl (C=O) groups excluding carboxylic acids is 1. The fourth-order valence-corrected chi connectivity index (χ4v) is 3.43. The van der Waals surface area contributed by atoms with E-state index >= 15 is 0 Å². The summed E-state index contributed by atoms with van der Waals surface area (Å²) in [5.74, 6) is -0.178. The molecule has 1 N–H and O–H groups in total. The van der Waals surface area contributed by atoms with Crippen molar-refractivity contribution in [1.82, 2.24) is 15.5 Å². The largest absolute Gasteiger partial charge is 0.349 e. The molecule has 4 nitrogen and oxygen atoms in total. The Kier molecular flexibility index (Phi) is 5.05. The zero-order chi connectivity index (χ0) is 13.7. The quantitative estimate of drug-likeness (QED) is 0.929. The number of hydrogen-bond donors (Lipinski definition) is 1. The standard InChI is InChI=1S/C13H18ClN3OS/c1-19-13(7-3-2-4-8-13)9-15-12(18)10-5-6-11(14)17-16-10/h5-6H,2-4,7-9H2,1H3,(H,15,18). The van der Waals surface area contributed by atoms with Gasteiger partial charge in [0.25, 0.3) is 5.91 Å². The van der Waals surface area contributed by atoms with Crippen molar-refractivity contribution in [3.05, 3.63) is 23.0 Å². The van der Waals surface area contributed by atoms with Crippen LogP contribution in [0.1, 0.15) is 42.6 Å². The highest BCUT2D eigenvalue weighted by molar-refractivity contribution is 8.00. The molecule has 1 heterocycles. The third kappa shape index (κ3) is 3.83. The van der Waals surface area contributed by atoms with Gasteiger partial charge in [0.15, 0.2) is 10.8 Å². The normalized spacial score (nSPS) is 18.0. The van der Waals surface area contributed by atoms with Crippen LogP contribution in [0.5, 0.6) is 0 Å². The van der Waals surface area contributed by atoms with Crippen LogP contribution in [0, 0.1) is 0 Å². The first kappa shape index (κ1) is 14.6. The minimum Gasteiger partial charge on any atom is -0.349 e. The Morgan fingerprint density at radius 2 is 2.11 bits per heavy atom. The van der Waals surface area contributed by atoms with Gasteiger partial charge in [0.05, 0.1) is 0 Å². The molecular formula is C13H18ClN3OS. The summed E-state index contributed by atoms with van der Waals surface area (Å²) >= 11 is 7.51. The molecule has 1 saturated carbocycles. The highest BCUT2D eigenvalue weighted by Gasteiger charge is 2.31. The molecule has 1 amide bonds. The van der Waals surface area contributed by atoms with Crippen LogP contribution in [0.4, 0.5) is 0 Å². The van der Waals surface area contributed by atoms with Gasteiger partial charge in [0.2, 0.25) is 0 Å². The summed E-state index contributed by atoms with van der Waals surface area (Å²) in [6, 6.07) is 3.17. The maximum absolute atomic E-state index is 12.0. The van der Waals surface area contributed by atoms with Crippen LogP contribution in [-0.2, 0) is 0 Å². The first-order valence-corrected chi connectivity index (χ1v) is 8.08. The lowest BCUT2D eigenvalue weighted by atomic mass is 9.88. The van der Waals surface area contributed by atoms with Gasteiger partial charge in [0, 0.05) is 11.3 Å². The van der Waals surface area contributed by atoms with E-state index in [1.807, 2.05) is 11.8 Å². The first-order valence-electron chi connectivity index (χ1n) is 6.48. The summed E-state index contributed by atoms with van der Waals surface area (Å²) in [5, 5.41) is 10.7. The van der Waals surface area contributed by atoms with E-state index in [0.717, 1.165) is 0 Å². The number of halogens is 1. The van der Waals surface area contributed by atoms with Gasteiger partial charge in [-0.25, -0.2) is 0 Å². The molecule has 6 heteroatoms. The topological polar surface area (TPSA) is 54.9 Å². The number of nitrogens with zero attached hydrogens (tertiary/aromatic N) is 2. The van der Waals surface area contributed by atoms with Gasteiger partial charge in [0.1, 0.15) is 0 Å². The molecule has 0 spiro atoms. The van der Waals surface area contributed by atoms with Crippen molar-refractivity contribution >= 4 is 29.3 Å². The summed E-state index contributed by atoms with van der Waals surface area (Å²) in [5.41, 5.74) is 0.316. The summed E-state index contributed by atoms with van der Waals surface area (Å²) in [7, 11) is 0. The van der Waals surface area contributed by atoms with E-state index in [0.29, 0.717) is 17.4 Å². The number of rotatable bonds is 4. The van der Waals surface area contributed by atoms with Crippen LogP contribution in [0.25, 0.3) is 0 Å². The Hall–Kier alpha value is -0.810. The summed E-state index contributed by atoms with van der Waals surface area (Å²) in [6.07, 6.45) is 8.26. The maximum Gasteiger partial charge on any atom is 0.271 e. The summed E-state index contributed by atoms with van der Waals surface area (Å²) in [4.78, 5) is 12.0. The van der Waals surface area contributed by atoms with E-state index in [1.54, 1.807) is 12.1 Å². The monoisotopic (exact) mass is 299 g/mol. The van der Waals surface area contributed by atoms with Gasteiger partial charge in [-0.15, -0.1) is 10.2 Å². The molecule has 1 fully saturated rings. The van der Waals surface area contributed by atoms with Gasteiger partial charge >= 0.3 is 0 Å². The fraction of sp³-hybridized carbons (Fsp3) is 0.615. The van der Waals surface area contributed by atoms with Gasteiger partial charge in [-0.3, -0.25) is 4.79 Å². The first-order chi connectivity index (χ1) is 9.15. The molecule has 1 aliphatic carbocycles. The van der Waals surface area contributed by atoms with Crippen LogP contribution in [0.15, 0.2) is 12.1 Å². The third-order valence-corrected chi connectivity index (χ3v) is 5.25. The number of aromatic nitrogens is 2. The van der Waals surface area contributed by atoms with Crippen LogP contribution < -0.4 is 5.32 Å². The van der Waals surface area contributed by atoms with Crippen molar-refractivity contribution < 1.29 is 4.79 Å². The van der Waals surface area contributed by atoms with E-state index in [1.165, 1.54) is 32.1 Å². The second-order valence-corrected chi connectivity index (χ2v) is 6.53. The number of thioether (sulfide) groups is 1. The number of nitrogens with one attached hydrogen (secondary N) is 1. The van der Waals surface area contributed by atoms with Crippen LogP contribution >= 0.6 is 23.4 Å². The Labute approximate surface area is 122 Å². The van der Waals surface area contributed by atoms with Crippen LogP contribution in [-0.4, -0.2) is 33.7 Å². The lowest BCUT2D eigenvalue weighted by Gasteiger charge is -2.35. The Morgan fingerprint density at radius 3 is 2.68 bits per heavy atom.